The highest BCUT2D eigenvalue weighted by atomic mass is 32.2. The molecule has 49 heavy (non-hydrogen) atoms. The lowest BCUT2D eigenvalue weighted by Crippen LogP contribution is -2.42. The van der Waals surface area contributed by atoms with Gasteiger partial charge in [-0.15, -0.1) is 4.72 Å². The lowest BCUT2D eigenvalue weighted by atomic mass is 9.94. The van der Waals surface area contributed by atoms with Gasteiger partial charge in [-0.25, -0.2) is 12.4 Å². The Morgan fingerprint density at radius 3 is 1.78 bits per heavy atom. The number of aromatic nitrogens is 1. The summed E-state index contributed by atoms with van der Waals surface area (Å²) in [5.74, 6) is 0. The topological polar surface area (TPSA) is 74.2 Å². The second-order valence-electron chi connectivity index (χ2n) is 13.1. The Bertz CT molecular complexity index is 2080. The van der Waals surface area contributed by atoms with E-state index < -0.39 is 40.1 Å². The molecule has 2 atom stereocenters. The Hall–Kier alpha value is -3.65. The molecule has 0 fully saturated rings. The van der Waals surface area contributed by atoms with Crippen molar-refractivity contribution >= 4 is 59.2 Å². The molecule has 6 aromatic rings. The molecule has 0 aliphatic rings. The van der Waals surface area contributed by atoms with Crippen LogP contribution in [0.15, 0.2) is 138 Å². The van der Waals surface area contributed by atoms with Gasteiger partial charge in [-0.3, -0.25) is 0 Å². The van der Waals surface area contributed by atoms with E-state index in [1.807, 2.05) is 87.5 Å². The quantitative estimate of drug-likeness (QED) is 0.0939. The summed E-state index contributed by atoms with van der Waals surface area (Å²) < 4.78 is 48.3. The Kier molecular flexibility index (Phi) is 11.3. The van der Waals surface area contributed by atoms with Crippen molar-refractivity contribution in [2.45, 2.75) is 56.5 Å². The van der Waals surface area contributed by atoms with Gasteiger partial charge in [0.25, 0.3) is 10.0 Å². The molecular weight excluding hydrogens is 662 g/mol. The molecule has 0 spiro atoms. The van der Waals surface area contributed by atoms with Crippen LogP contribution in [-0.4, -0.2) is 30.1 Å². The van der Waals surface area contributed by atoms with Crippen molar-refractivity contribution in [3.63, 3.8) is 0 Å². The molecule has 6 rings (SSSR count). The van der Waals surface area contributed by atoms with Crippen LogP contribution in [0.4, 0.5) is 0 Å². The highest BCUT2D eigenvalue weighted by molar-refractivity contribution is 7.91. The number of hydrogen-bond acceptors (Lipinski definition) is 4. The van der Waals surface area contributed by atoms with Crippen molar-refractivity contribution in [1.29, 1.82) is 0 Å². The zero-order chi connectivity index (χ0) is 34.1. The van der Waals surface area contributed by atoms with Gasteiger partial charge in [-0.05, 0) is 76.9 Å². The lowest BCUT2D eigenvalue weighted by Gasteiger charge is -2.30. The molecule has 0 saturated heterocycles. The van der Waals surface area contributed by atoms with Gasteiger partial charge in [0.1, 0.15) is 10.8 Å². The van der Waals surface area contributed by atoms with Crippen LogP contribution < -0.4 is 15.3 Å². The summed E-state index contributed by atoms with van der Waals surface area (Å²) in [4.78, 5) is 0.219. The number of nitrogens with zero attached hydrogens (tertiary/aromatic N) is 1. The smallest absolute Gasteiger partial charge is 0.268 e. The first-order valence-electron chi connectivity index (χ1n) is 16.0. The number of fused-ring (bicyclic) bond motifs is 1. The largest absolute Gasteiger partial charge is 0.598 e. The molecule has 0 aliphatic heterocycles. The van der Waals surface area contributed by atoms with Crippen molar-refractivity contribution < 1.29 is 13.0 Å². The van der Waals surface area contributed by atoms with Crippen molar-refractivity contribution in [2.24, 2.45) is 0 Å². The molecule has 1 heterocycles. The highest BCUT2D eigenvalue weighted by Gasteiger charge is 2.37. The molecule has 0 saturated carbocycles. The fourth-order valence-electron chi connectivity index (χ4n) is 6.18. The van der Waals surface area contributed by atoms with Gasteiger partial charge < -0.3 is 4.55 Å². The first kappa shape index (κ1) is 36.6. The Morgan fingerprint density at radius 2 is 1.24 bits per heavy atom. The molecule has 2 unspecified atom stereocenters. The monoisotopic (exact) mass is 706 g/mol. The summed E-state index contributed by atoms with van der Waals surface area (Å²) >= 11 is -1.47. The van der Waals surface area contributed by atoms with Gasteiger partial charge in [0.2, 0.25) is 0 Å². The summed E-state index contributed by atoms with van der Waals surface area (Å²) in [5.41, 5.74) is 5.21. The number of rotatable bonds is 10. The van der Waals surface area contributed by atoms with Crippen LogP contribution in [0, 0.1) is 13.8 Å². The Morgan fingerprint density at radius 1 is 0.755 bits per heavy atom. The van der Waals surface area contributed by atoms with Crippen LogP contribution in [-0.2, 0) is 27.5 Å². The fraction of sp³-hybridized carbons (Fsp3) is 0.200. The molecule has 1 N–H and O–H groups in total. The van der Waals surface area contributed by atoms with Gasteiger partial charge in [0, 0.05) is 34.2 Å². The maximum atomic E-state index is 14.9. The van der Waals surface area contributed by atoms with E-state index in [0.717, 1.165) is 38.2 Å². The third-order valence-electron chi connectivity index (χ3n) is 8.34. The summed E-state index contributed by atoms with van der Waals surface area (Å²) in [6.45, 7) is 9.96. The van der Waals surface area contributed by atoms with Gasteiger partial charge in [0.05, 0.1) is 18.8 Å². The molecule has 0 bridgehead atoms. The predicted octanol–water partition coefficient (Wildman–Crippen LogP) is 7.09. The van der Waals surface area contributed by atoms with E-state index in [9.17, 15) is 13.0 Å². The van der Waals surface area contributed by atoms with Crippen LogP contribution in [0.3, 0.4) is 0 Å². The third-order valence-corrected chi connectivity index (χ3v) is 14.1. The van der Waals surface area contributed by atoms with Gasteiger partial charge >= 0.3 is 0 Å². The molecule has 5 aromatic carbocycles. The van der Waals surface area contributed by atoms with Gasteiger partial charge in [-0.2, -0.15) is 0 Å². The van der Waals surface area contributed by atoms with Crippen LogP contribution in [0.1, 0.15) is 54.8 Å². The maximum Gasteiger partial charge on any atom is 0.268 e. The average molecular weight is 707 g/mol. The van der Waals surface area contributed by atoms with Crippen molar-refractivity contribution in [2.75, 3.05) is 0 Å². The second-order valence-corrected chi connectivity index (χ2v) is 19.1. The van der Waals surface area contributed by atoms with E-state index >= 15 is 0 Å². The average Bonchev–Trinajstić information content (AvgIpc) is 3.40. The molecule has 0 radical (unpaired) electrons. The SMILES string of the molecule is B.Cc1cc(C)cc(C(N[S+]([O-])C(C)(C)C)c2c(CP(c3ccccc3)c3ccccc3)n(S(=O)(=O)c3ccccc3)c3ccccc23)c1. The number of nitrogens with one attached hydrogen (secondary N) is 1. The van der Waals surface area contributed by atoms with E-state index in [2.05, 4.69) is 61.0 Å². The van der Waals surface area contributed by atoms with Crippen LogP contribution >= 0.6 is 7.92 Å². The molecule has 9 heteroatoms. The van der Waals surface area contributed by atoms with Crippen LogP contribution in [0.2, 0.25) is 0 Å². The van der Waals surface area contributed by atoms with E-state index in [4.69, 9.17) is 0 Å². The van der Waals surface area contributed by atoms with Crippen molar-refractivity contribution in [3.8, 4) is 0 Å². The Balaban J connectivity index is 0.00000468. The number of benzene rings is 5. The number of para-hydroxylation sites is 1. The second kappa shape index (κ2) is 15.1. The number of aryl methyl sites for hydroxylation is 2. The molecular formula is C40H44BN2O3PS2. The summed E-state index contributed by atoms with van der Waals surface area (Å²) in [6.07, 6.45) is 0.449. The minimum absolute atomic E-state index is 0. The normalized spacial score (nSPS) is 13.3. The van der Waals surface area contributed by atoms with Crippen molar-refractivity contribution in [3.05, 3.63) is 161 Å². The summed E-state index contributed by atoms with van der Waals surface area (Å²) in [6, 6.07) is 42.8. The lowest BCUT2D eigenvalue weighted by molar-refractivity contribution is 0.535. The zero-order valence-corrected chi connectivity index (χ0v) is 30.4. The standard InChI is InChI=1S/C40H41N2O3PS2.BH3/c1-29-25-30(2)27-31(26-29)39(41-47(43)40(3,4)5)38-35-23-15-16-24-36(35)42(48(44,45)34-21-13-8-14-22-34)37(38)28-46(32-17-9-6-10-18-32)33-19-11-7-12-20-33;/h6-27,39,41H,28H2,1-5H3;1H3. The fourth-order valence-corrected chi connectivity index (χ4v) is 11.0. The van der Waals surface area contributed by atoms with Crippen LogP contribution in [0.5, 0.6) is 0 Å². The first-order chi connectivity index (χ1) is 22.9. The van der Waals surface area contributed by atoms with Crippen LogP contribution in [0.25, 0.3) is 10.9 Å². The minimum atomic E-state index is -4.05. The molecule has 0 amide bonds. The minimum Gasteiger partial charge on any atom is -0.598 e. The van der Waals surface area contributed by atoms with E-state index in [-0.39, 0.29) is 13.3 Å². The van der Waals surface area contributed by atoms with Crippen molar-refractivity contribution in [1.82, 2.24) is 8.69 Å². The first-order valence-corrected chi connectivity index (χ1v) is 20.1. The number of hydrogen-bond donors (Lipinski definition) is 1. The predicted molar refractivity (Wildman–Crippen MR) is 212 cm³/mol. The molecule has 5 nitrogen and oxygen atoms in total. The van der Waals surface area contributed by atoms with E-state index in [1.54, 1.807) is 28.2 Å². The highest BCUT2D eigenvalue weighted by Crippen LogP contribution is 2.45. The summed E-state index contributed by atoms with van der Waals surface area (Å²) in [7, 11) is -5.10. The molecule has 252 valence electrons. The van der Waals surface area contributed by atoms with E-state index in [0.29, 0.717) is 17.4 Å². The molecule has 0 aliphatic carbocycles. The maximum absolute atomic E-state index is 14.9. The zero-order valence-electron chi connectivity index (χ0n) is 27.9. The summed E-state index contributed by atoms with van der Waals surface area (Å²) in [5, 5.41) is 3.10. The molecule has 1 aromatic heterocycles. The van der Waals surface area contributed by atoms with E-state index in [1.165, 1.54) is 0 Å². The third kappa shape index (κ3) is 7.75. The Labute approximate surface area is 297 Å². The van der Waals surface area contributed by atoms with Gasteiger partial charge in [-0.1, -0.05) is 126 Å². The van der Waals surface area contributed by atoms with Gasteiger partial charge in [0.15, 0.2) is 0 Å².